The van der Waals surface area contributed by atoms with Gasteiger partial charge in [-0.2, -0.15) is 0 Å². The number of hydrogen-bond acceptors (Lipinski definition) is 4. The zero-order valence-corrected chi connectivity index (χ0v) is 3.63. The molecular weight excluding hydrogens is 98.0 g/mol. The summed E-state index contributed by atoms with van der Waals surface area (Å²) in [6.07, 6.45) is 0.566. The fourth-order valence-corrected chi connectivity index (χ4v) is 0.359. The highest BCUT2D eigenvalue weighted by molar-refractivity contribution is 5.75. The molecular formula is C3H5NO3. The van der Waals surface area contributed by atoms with Crippen LogP contribution in [0.3, 0.4) is 0 Å². The summed E-state index contributed by atoms with van der Waals surface area (Å²) >= 11 is 0. The maximum atomic E-state index is 7.86. The van der Waals surface area contributed by atoms with Crippen LogP contribution in [0.25, 0.3) is 0 Å². The van der Waals surface area contributed by atoms with Crippen molar-refractivity contribution in [3.8, 4) is 0 Å². The van der Waals surface area contributed by atoms with Gasteiger partial charge in [0.05, 0.1) is 6.42 Å². The lowest BCUT2D eigenvalue weighted by molar-refractivity contribution is -0.157. The molecule has 0 fully saturated rings. The Bertz CT molecular complexity index is 90.2. The molecule has 0 unspecified atom stereocenters. The van der Waals surface area contributed by atoms with E-state index in [-0.39, 0.29) is 5.90 Å². The van der Waals surface area contributed by atoms with E-state index in [0.29, 0.717) is 13.0 Å². The standard InChI is InChI=1S/C3H5NO3/c5-7-3-1-2-6-4-3/h5H,1-2H2. The van der Waals surface area contributed by atoms with Crippen molar-refractivity contribution in [2.45, 2.75) is 6.42 Å². The molecule has 1 rings (SSSR count). The van der Waals surface area contributed by atoms with E-state index in [0.717, 1.165) is 0 Å². The van der Waals surface area contributed by atoms with Crippen molar-refractivity contribution < 1.29 is 15.0 Å². The molecule has 0 aliphatic carbocycles. The fourth-order valence-electron chi connectivity index (χ4n) is 0.359. The van der Waals surface area contributed by atoms with Gasteiger partial charge in [0, 0.05) is 0 Å². The minimum absolute atomic E-state index is 0.250. The Hall–Kier alpha value is -0.770. The first kappa shape index (κ1) is 4.39. The van der Waals surface area contributed by atoms with Crippen LogP contribution in [0.4, 0.5) is 0 Å². The van der Waals surface area contributed by atoms with Crippen molar-refractivity contribution in [2.75, 3.05) is 6.61 Å². The van der Waals surface area contributed by atoms with Gasteiger partial charge in [0.25, 0.3) is 5.90 Å². The van der Waals surface area contributed by atoms with E-state index in [9.17, 15) is 0 Å². The highest BCUT2D eigenvalue weighted by Gasteiger charge is 2.07. The van der Waals surface area contributed by atoms with Crippen LogP contribution >= 0.6 is 0 Å². The van der Waals surface area contributed by atoms with E-state index >= 15 is 0 Å². The molecule has 4 nitrogen and oxygen atoms in total. The molecule has 1 heterocycles. The van der Waals surface area contributed by atoms with Crippen LogP contribution in [0.1, 0.15) is 6.42 Å². The second kappa shape index (κ2) is 1.79. The van der Waals surface area contributed by atoms with E-state index in [2.05, 4.69) is 14.9 Å². The average molecular weight is 103 g/mol. The minimum atomic E-state index is 0.250. The Morgan fingerprint density at radius 1 is 1.86 bits per heavy atom. The van der Waals surface area contributed by atoms with Crippen molar-refractivity contribution in [1.29, 1.82) is 0 Å². The van der Waals surface area contributed by atoms with Crippen molar-refractivity contribution in [2.24, 2.45) is 5.16 Å². The van der Waals surface area contributed by atoms with Crippen LogP contribution in [0.5, 0.6) is 0 Å². The molecule has 0 aromatic heterocycles. The first-order chi connectivity index (χ1) is 3.43. The van der Waals surface area contributed by atoms with Crippen molar-refractivity contribution >= 4 is 5.90 Å². The topological polar surface area (TPSA) is 51.0 Å². The molecule has 0 radical (unpaired) electrons. The summed E-state index contributed by atoms with van der Waals surface area (Å²) in [6, 6.07) is 0. The van der Waals surface area contributed by atoms with E-state index in [1.807, 2.05) is 0 Å². The van der Waals surface area contributed by atoms with Gasteiger partial charge in [-0.15, -0.1) is 0 Å². The Morgan fingerprint density at radius 2 is 2.71 bits per heavy atom. The van der Waals surface area contributed by atoms with Crippen LogP contribution in [0, 0.1) is 0 Å². The minimum Gasteiger partial charge on any atom is -0.392 e. The van der Waals surface area contributed by atoms with Crippen molar-refractivity contribution in [1.82, 2.24) is 0 Å². The van der Waals surface area contributed by atoms with Gasteiger partial charge in [-0.05, 0) is 5.16 Å². The van der Waals surface area contributed by atoms with Crippen LogP contribution in [-0.4, -0.2) is 17.8 Å². The largest absolute Gasteiger partial charge is 0.392 e. The van der Waals surface area contributed by atoms with Crippen LogP contribution < -0.4 is 0 Å². The smallest absolute Gasteiger partial charge is 0.271 e. The fraction of sp³-hybridized carbons (Fsp3) is 0.667. The van der Waals surface area contributed by atoms with E-state index < -0.39 is 0 Å². The molecule has 40 valence electrons. The van der Waals surface area contributed by atoms with Crippen LogP contribution in [-0.2, 0) is 9.73 Å². The molecule has 0 bridgehead atoms. The highest BCUT2D eigenvalue weighted by Crippen LogP contribution is 1.98. The van der Waals surface area contributed by atoms with Gasteiger partial charge in [-0.1, -0.05) is 0 Å². The second-order valence-corrected chi connectivity index (χ2v) is 1.16. The van der Waals surface area contributed by atoms with Gasteiger partial charge >= 0.3 is 0 Å². The average Bonchev–Trinajstić information content (AvgIpc) is 2.14. The van der Waals surface area contributed by atoms with Gasteiger partial charge in [-0.3, -0.25) is 0 Å². The monoisotopic (exact) mass is 103 g/mol. The third-order valence-electron chi connectivity index (χ3n) is 0.679. The Labute approximate surface area is 40.3 Å². The quantitative estimate of drug-likeness (QED) is 0.352. The summed E-state index contributed by atoms with van der Waals surface area (Å²) in [6.45, 7) is 0.510. The van der Waals surface area contributed by atoms with E-state index in [1.54, 1.807) is 0 Å². The highest BCUT2D eigenvalue weighted by atomic mass is 17.1. The zero-order chi connectivity index (χ0) is 5.11. The van der Waals surface area contributed by atoms with Gasteiger partial charge in [0.1, 0.15) is 6.61 Å². The molecule has 0 aromatic rings. The third kappa shape index (κ3) is 0.806. The van der Waals surface area contributed by atoms with Crippen LogP contribution in [0.15, 0.2) is 5.16 Å². The predicted octanol–water partition coefficient (Wildman–Crippen LogP) is 0.210. The molecule has 0 saturated heterocycles. The second-order valence-electron chi connectivity index (χ2n) is 1.16. The number of nitrogens with zero attached hydrogens (tertiary/aromatic N) is 1. The molecule has 0 spiro atoms. The molecule has 0 saturated carbocycles. The molecule has 1 N–H and O–H groups in total. The van der Waals surface area contributed by atoms with Gasteiger partial charge in [0.2, 0.25) is 0 Å². The first-order valence-corrected chi connectivity index (χ1v) is 1.94. The summed E-state index contributed by atoms with van der Waals surface area (Å²) in [5.41, 5.74) is 0. The maximum Gasteiger partial charge on any atom is 0.271 e. The normalized spacial score (nSPS) is 18.1. The maximum absolute atomic E-state index is 7.86. The number of rotatable bonds is 0. The lowest BCUT2D eigenvalue weighted by atomic mass is 10.5. The molecule has 1 aliphatic rings. The van der Waals surface area contributed by atoms with Gasteiger partial charge < -0.3 is 9.73 Å². The summed E-state index contributed by atoms with van der Waals surface area (Å²) in [7, 11) is 0. The lowest BCUT2D eigenvalue weighted by Gasteiger charge is -1.84. The zero-order valence-electron chi connectivity index (χ0n) is 3.63. The molecule has 4 heteroatoms. The summed E-state index contributed by atoms with van der Waals surface area (Å²) in [5, 5.41) is 11.2. The Kier molecular flexibility index (Phi) is 1.12. The molecule has 7 heavy (non-hydrogen) atoms. The van der Waals surface area contributed by atoms with Crippen LogP contribution in [0.2, 0.25) is 0 Å². The number of hydrogen-bond donors (Lipinski definition) is 1. The van der Waals surface area contributed by atoms with Crippen molar-refractivity contribution in [3.63, 3.8) is 0 Å². The third-order valence-corrected chi connectivity index (χ3v) is 0.679. The summed E-state index contributed by atoms with van der Waals surface area (Å²) in [4.78, 5) is 8.19. The van der Waals surface area contributed by atoms with Crippen molar-refractivity contribution in [3.05, 3.63) is 0 Å². The summed E-state index contributed by atoms with van der Waals surface area (Å²) < 4.78 is 0. The Balaban J connectivity index is 2.36. The number of oxime groups is 1. The van der Waals surface area contributed by atoms with Gasteiger partial charge in [-0.25, -0.2) is 5.26 Å². The molecule has 0 amide bonds. The predicted molar refractivity (Wildman–Crippen MR) is 21.7 cm³/mol. The SMILES string of the molecule is OOC1=NOCC1. The van der Waals surface area contributed by atoms with E-state index in [4.69, 9.17) is 5.26 Å². The summed E-state index contributed by atoms with van der Waals surface area (Å²) in [5.74, 6) is 0.250. The first-order valence-electron chi connectivity index (χ1n) is 1.94. The molecule has 0 aromatic carbocycles. The van der Waals surface area contributed by atoms with E-state index in [1.165, 1.54) is 0 Å². The Morgan fingerprint density at radius 3 is 3.00 bits per heavy atom. The molecule has 1 aliphatic heterocycles. The molecule has 0 atom stereocenters. The lowest BCUT2D eigenvalue weighted by Crippen LogP contribution is -1.95. The van der Waals surface area contributed by atoms with Gasteiger partial charge in [0.15, 0.2) is 0 Å².